The first-order valence-corrected chi connectivity index (χ1v) is 20.7. The van der Waals surface area contributed by atoms with Crippen molar-refractivity contribution in [2.45, 2.75) is 142 Å². The molecule has 4 rings (SSSR count). The molecule has 2 heterocycles. The van der Waals surface area contributed by atoms with Crippen molar-refractivity contribution >= 4 is 23.4 Å². The number of likely N-dealkylation sites (N-methyl/N-ethyl adjacent to an activating group) is 2. The zero-order chi connectivity index (χ0) is 39.9. The molecule has 10 heteroatoms. The number of ether oxygens (including phenoxy) is 2. The van der Waals surface area contributed by atoms with E-state index in [1.807, 2.05) is 63.9 Å². The molecule has 1 saturated carbocycles. The first-order chi connectivity index (χ1) is 25.7. The maximum Gasteiger partial charge on any atom is 0.226 e. The number of nitrogens with zero attached hydrogens (tertiary/aromatic N) is 3. The van der Waals surface area contributed by atoms with Crippen molar-refractivity contribution in [3.8, 4) is 0 Å². The third kappa shape index (κ3) is 10.2. The van der Waals surface area contributed by atoms with E-state index < -0.39 is 24.0 Å². The fraction of sp³-hybridized carbons (Fsp3) is 0.773. The van der Waals surface area contributed by atoms with E-state index in [9.17, 15) is 24.3 Å². The van der Waals surface area contributed by atoms with E-state index in [2.05, 4.69) is 25.8 Å². The quantitative estimate of drug-likeness (QED) is 0.169. The predicted octanol–water partition coefficient (Wildman–Crippen LogP) is 5.74. The molecule has 3 aliphatic rings. The van der Waals surface area contributed by atoms with Crippen LogP contribution < -0.4 is 0 Å². The van der Waals surface area contributed by atoms with Crippen LogP contribution in [-0.4, -0.2) is 121 Å². The fourth-order valence-corrected chi connectivity index (χ4v) is 9.97. The summed E-state index contributed by atoms with van der Waals surface area (Å²) in [6.07, 6.45) is 5.72. The van der Waals surface area contributed by atoms with Crippen molar-refractivity contribution in [2.75, 3.05) is 41.5 Å². The topological polar surface area (TPSA) is 117 Å². The molecule has 10 nitrogen and oxygen atoms in total. The summed E-state index contributed by atoms with van der Waals surface area (Å²) in [7, 11) is 7.08. The number of likely N-dealkylation sites (tertiary alicyclic amines) is 2. The van der Waals surface area contributed by atoms with Gasteiger partial charge in [-0.25, -0.2) is 0 Å². The van der Waals surface area contributed by atoms with E-state index in [1.54, 1.807) is 19.1 Å². The second kappa shape index (κ2) is 20.0. The van der Waals surface area contributed by atoms with Crippen LogP contribution in [0.1, 0.15) is 104 Å². The Labute approximate surface area is 325 Å². The van der Waals surface area contributed by atoms with Crippen LogP contribution in [0.5, 0.6) is 0 Å². The van der Waals surface area contributed by atoms with Crippen LogP contribution in [0, 0.1) is 42.4 Å². The molecule has 54 heavy (non-hydrogen) atoms. The molecule has 304 valence electrons. The zero-order valence-corrected chi connectivity index (χ0v) is 35.0. The number of aliphatic hydroxyl groups is 1. The van der Waals surface area contributed by atoms with Gasteiger partial charge < -0.3 is 24.4 Å². The highest BCUT2D eigenvalue weighted by Gasteiger charge is 2.48. The number of amides is 2. The van der Waals surface area contributed by atoms with Gasteiger partial charge in [0.1, 0.15) is 5.78 Å². The molecule has 2 aliphatic heterocycles. The highest BCUT2D eigenvalue weighted by molar-refractivity contribution is 5.90. The number of piperidine rings is 1. The molecule has 3 fully saturated rings. The Balaban J connectivity index is 1.44. The number of ketones is 2. The molecule has 2 bridgehead atoms. The molecular formula is C44H71N3O7. The first kappa shape index (κ1) is 44.1. The van der Waals surface area contributed by atoms with Gasteiger partial charge in [-0.15, -0.1) is 0 Å². The molecule has 1 aliphatic carbocycles. The number of carbonyl (C=O) groups is 4. The third-order valence-electron chi connectivity index (χ3n) is 13.5. The second-order valence-electron chi connectivity index (χ2n) is 17.4. The van der Waals surface area contributed by atoms with Gasteiger partial charge in [0.05, 0.1) is 36.8 Å². The van der Waals surface area contributed by atoms with Crippen LogP contribution in [-0.2, 0) is 35.1 Å². The van der Waals surface area contributed by atoms with Crippen molar-refractivity contribution < 1.29 is 33.8 Å². The summed E-state index contributed by atoms with van der Waals surface area (Å²) < 4.78 is 12.1. The zero-order valence-electron chi connectivity index (χ0n) is 35.0. The van der Waals surface area contributed by atoms with Crippen molar-refractivity contribution in [3.05, 3.63) is 35.4 Å². The van der Waals surface area contributed by atoms with Gasteiger partial charge >= 0.3 is 0 Å². The summed E-state index contributed by atoms with van der Waals surface area (Å²) in [6, 6.07) is 7.89. The van der Waals surface area contributed by atoms with E-state index in [-0.39, 0.29) is 85.1 Å². The molecule has 0 spiro atoms. The third-order valence-corrected chi connectivity index (χ3v) is 13.5. The average Bonchev–Trinajstić information content (AvgIpc) is 3.91. The van der Waals surface area contributed by atoms with Crippen molar-refractivity contribution in [3.63, 3.8) is 0 Å². The molecule has 0 unspecified atom stereocenters. The van der Waals surface area contributed by atoms with Crippen LogP contribution in [0.2, 0.25) is 0 Å². The Hall–Kier alpha value is -2.66. The van der Waals surface area contributed by atoms with E-state index in [4.69, 9.17) is 9.47 Å². The van der Waals surface area contributed by atoms with E-state index in [1.165, 1.54) is 0 Å². The summed E-state index contributed by atoms with van der Waals surface area (Å²) in [6.45, 7) is 12.6. The lowest BCUT2D eigenvalue weighted by molar-refractivity contribution is -0.149. The van der Waals surface area contributed by atoms with Gasteiger partial charge in [0, 0.05) is 65.1 Å². The van der Waals surface area contributed by atoms with Gasteiger partial charge in [-0.3, -0.25) is 24.1 Å². The van der Waals surface area contributed by atoms with Gasteiger partial charge in [-0.2, -0.15) is 0 Å². The summed E-state index contributed by atoms with van der Waals surface area (Å²) in [5.74, 6) is -0.688. The van der Waals surface area contributed by atoms with Gasteiger partial charge in [0.2, 0.25) is 11.8 Å². The van der Waals surface area contributed by atoms with Crippen LogP contribution in [0.25, 0.3) is 0 Å². The number of Topliss-reactive ketones (excluding diaryl/α,β-unsaturated/α-hetero) is 2. The minimum Gasteiger partial charge on any atom is -0.396 e. The van der Waals surface area contributed by atoms with Gasteiger partial charge in [-0.1, -0.05) is 70.9 Å². The summed E-state index contributed by atoms with van der Waals surface area (Å²) in [4.78, 5) is 61.9. The average molecular weight is 754 g/mol. The molecule has 1 aromatic carbocycles. The minimum atomic E-state index is -0.560. The number of aliphatic hydroxyl groups excluding tert-OH is 1. The molecule has 2 amide bonds. The lowest BCUT2D eigenvalue weighted by atomic mass is 9.83. The standard InChI is InChI=1S/C44H71N3O7/c1-11-29(5)41(46(8)44(52)35(27(2)3)24-38(50)42-33-18-19-34(23-33)45(42)7)39(53-9)25-40(51)47-20-12-13-36(47)43(54-10)30(6)37(49)22-32(26-48)21-31-16-14-28(4)15-17-31/h14-17,27,29-30,32-36,39,41-43,48H,11-13,18-26H2,1-10H3/t29-,30-,32+,33-,34-,35-,36-,39+,41-,42-,43+/m0/s1. The Bertz CT molecular complexity index is 1400. The molecule has 2 saturated heterocycles. The summed E-state index contributed by atoms with van der Waals surface area (Å²) >= 11 is 0. The predicted molar refractivity (Wildman–Crippen MR) is 212 cm³/mol. The molecule has 0 aromatic heterocycles. The molecule has 0 radical (unpaired) electrons. The minimum absolute atomic E-state index is 0.0179. The second-order valence-corrected chi connectivity index (χ2v) is 17.4. The monoisotopic (exact) mass is 754 g/mol. The summed E-state index contributed by atoms with van der Waals surface area (Å²) in [5.41, 5.74) is 2.25. The molecule has 1 N–H and O–H groups in total. The smallest absolute Gasteiger partial charge is 0.226 e. The highest BCUT2D eigenvalue weighted by atomic mass is 16.5. The maximum atomic E-state index is 14.4. The van der Waals surface area contributed by atoms with E-state index >= 15 is 0 Å². The Kier molecular flexibility index (Phi) is 16.3. The maximum absolute atomic E-state index is 14.4. The lowest BCUT2D eigenvalue weighted by Gasteiger charge is -2.41. The van der Waals surface area contributed by atoms with Gasteiger partial charge in [0.25, 0.3) is 0 Å². The van der Waals surface area contributed by atoms with Crippen LogP contribution in [0.3, 0.4) is 0 Å². The Morgan fingerprint density at radius 1 is 0.963 bits per heavy atom. The lowest BCUT2D eigenvalue weighted by Crippen LogP contribution is -2.54. The summed E-state index contributed by atoms with van der Waals surface area (Å²) in [5, 5.41) is 10.2. The number of benzene rings is 1. The fourth-order valence-electron chi connectivity index (χ4n) is 9.97. The van der Waals surface area contributed by atoms with Crippen molar-refractivity contribution in [1.29, 1.82) is 0 Å². The Morgan fingerprint density at radius 3 is 2.20 bits per heavy atom. The number of methoxy groups -OCH3 is 2. The van der Waals surface area contributed by atoms with Gasteiger partial charge in [-0.05, 0) is 81.7 Å². The van der Waals surface area contributed by atoms with E-state index in [0.717, 1.165) is 49.7 Å². The number of hydrogen-bond acceptors (Lipinski definition) is 8. The number of fused-ring (bicyclic) bond motifs is 2. The highest BCUT2D eigenvalue weighted by Crippen LogP contribution is 2.42. The number of aryl methyl sites for hydroxylation is 1. The SMILES string of the molecule is CC[C@H](C)[C@@H]([C@@H](CC(=O)N1CCC[C@H]1[C@H](OC)[C@@H](C)C(=O)C[C@H](CO)Cc1ccc(C)cc1)OC)N(C)C(=O)[C@@H](CC(=O)[C@@H]1[C@H]2CC[C@@H](C2)N1C)C(C)C. The van der Waals surface area contributed by atoms with Crippen LogP contribution in [0.15, 0.2) is 24.3 Å². The Morgan fingerprint density at radius 2 is 1.65 bits per heavy atom. The van der Waals surface area contributed by atoms with Crippen LogP contribution in [0.4, 0.5) is 0 Å². The number of carbonyl (C=O) groups excluding carboxylic acids is 4. The van der Waals surface area contributed by atoms with Crippen LogP contribution >= 0.6 is 0 Å². The first-order valence-electron chi connectivity index (χ1n) is 20.7. The molecule has 11 atom stereocenters. The van der Waals surface area contributed by atoms with Crippen molar-refractivity contribution in [2.24, 2.45) is 35.5 Å². The largest absolute Gasteiger partial charge is 0.396 e. The molecule has 1 aromatic rings. The van der Waals surface area contributed by atoms with Crippen molar-refractivity contribution in [1.82, 2.24) is 14.7 Å². The molecular weight excluding hydrogens is 682 g/mol. The number of rotatable bonds is 21. The van der Waals surface area contributed by atoms with Gasteiger partial charge in [0.15, 0.2) is 5.78 Å². The number of hydrogen-bond donors (Lipinski definition) is 1. The normalized spacial score (nSPS) is 25.3. The van der Waals surface area contributed by atoms with E-state index in [0.29, 0.717) is 24.9 Å².